The van der Waals surface area contributed by atoms with E-state index in [1.54, 1.807) is 0 Å². The average Bonchev–Trinajstić information content (AvgIpc) is 2.33. The van der Waals surface area contributed by atoms with E-state index in [2.05, 4.69) is 0 Å². The molecule has 2 amide bonds. The molecule has 1 aromatic carbocycles. The topological polar surface area (TPSA) is 110 Å². The number of hydrogen-bond donors (Lipinski definition) is 2. The van der Waals surface area contributed by atoms with Gasteiger partial charge in [-0.2, -0.15) is 0 Å². The van der Waals surface area contributed by atoms with Crippen molar-refractivity contribution in [2.75, 3.05) is 11.4 Å². The third-order valence-electron chi connectivity index (χ3n) is 2.73. The monoisotopic (exact) mass is 264 g/mol. The summed E-state index contributed by atoms with van der Waals surface area (Å²) in [5, 5.41) is 8.91. The fourth-order valence-corrected chi connectivity index (χ4v) is 1.86. The van der Waals surface area contributed by atoms with E-state index in [4.69, 9.17) is 15.6 Å². The minimum absolute atomic E-state index is 0.0410. The van der Waals surface area contributed by atoms with Gasteiger partial charge in [0.15, 0.2) is 6.10 Å². The molecule has 7 heteroatoms. The zero-order valence-corrected chi connectivity index (χ0v) is 10.1. The first kappa shape index (κ1) is 12.9. The number of rotatable bonds is 3. The SMILES string of the molecule is CC1Oc2cc(C(=O)O)ccc2N(CC(N)=O)C1=O. The molecule has 0 aliphatic carbocycles. The Hall–Kier alpha value is -2.57. The molecule has 100 valence electrons. The molecule has 0 saturated carbocycles. The minimum Gasteiger partial charge on any atom is -0.479 e. The van der Waals surface area contributed by atoms with Crippen LogP contribution < -0.4 is 15.4 Å². The zero-order valence-electron chi connectivity index (χ0n) is 10.1. The Balaban J connectivity index is 2.47. The number of carboxylic acids is 1. The smallest absolute Gasteiger partial charge is 0.335 e. The van der Waals surface area contributed by atoms with Gasteiger partial charge >= 0.3 is 5.97 Å². The van der Waals surface area contributed by atoms with Crippen molar-refractivity contribution in [1.29, 1.82) is 0 Å². The summed E-state index contributed by atoms with van der Waals surface area (Å²) in [6.45, 7) is 1.25. The van der Waals surface area contributed by atoms with Crippen LogP contribution in [0.5, 0.6) is 5.75 Å². The van der Waals surface area contributed by atoms with Gasteiger partial charge in [0.25, 0.3) is 5.91 Å². The third-order valence-corrected chi connectivity index (χ3v) is 2.73. The fourth-order valence-electron chi connectivity index (χ4n) is 1.86. The molecule has 0 fully saturated rings. The number of ether oxygens (including phenoxy) is 1. The van der Waals surface area contributed by atoms with Crippen molar-refractivity contribution in [3.05, 3.63) is 23.8 Å². The lowest BCUT2D eigenvalue weighted by Crippen LogP contribution is -2.48. The zero-order chi connectivity index (χ0) is 14.2. The van der Waals surface area contributed by atoms with E-state index < -0.39 is 23.9 Å². The number of benzene rings is 1. The molecule has 1 heterocycles. The molecular weight excluding hydrogens is 252 g/mol. The first-order chi connectivity index (χ1) is 8.90. The second-order valence-electron chi connectivity index (χ2n) is 4.14. The largest absolute Gasteiger partial charge is 0.479 e. The Morgan fingerprint density at radius 1 is 1.47 bits per heavy atom. The Morgan fingerprint density at radius 2 is 2.16 bits per heavy atom. The second-order valence-corrected chi connectivity index (χ2v) is 4.14. The van der Waals surface area contributed by atoms with Gasteiger partial charge in [0.2, 0.25) is 5.91 Å². The first-order valence-electron chi connectivity index (χ1n) is 5.54. The van der Waals surface area contributed by atoms with E-state index in [9.17, 15) is 14.4 Å². The molecule has 1 atom stereocenters. The van der Waals surface area contributed by atoms with E-state index >= 15 is 0 Å². The molecule has 19 heavy (non-hydrogen) atoms. The summed E-state index contributed by atoms with van der Waals surface area (Å²) in [6.07, 6.45) is -0.795. The molecule has 7 nitrogen and oxygen atoms in total. The summed E-state index contributed by atoms with van der Waals surface area (Å²) in [7, 11) is 0. The molecule has 1 aliphatic heterocycles. The highest BCUT2D eigenvalue weighted by atomic mass is 16.5. The standard InChI is InChI=1S/C12H12N2O5/c1-6-11(16)14(5-10(13)15)8-3-2-7(12(17)18)4-9(8)19-6/h2-4,6H,5H2,1H3,(H2,13,15)(H,17,18). The minimum atomic E-state index is -1.10. The molecule has 0 bridgehead atoms. The normalized spacial score (nSPS) is 17.6. The van der Waals surface area contributed by atoms with Crippen LogP contribution in [0.3, 0.4) is 0 Å². The van der Waals surface area contributed by atoms with Crippen LogP contribution in [-0.4, -0.2) is 35.5 Å². The van der Waals surface area contributed by atoms with Gasteiger partial charge < -0.3 is 15.6 Å². The predicted octanol–water partition coefficient (Wildman–Crippen LogP) is -0.0160. The number of anilines is 1. The van der Waals surface area contributed by atoms with Gasteiger partial charge in [-0.15, -0.1) is 0 Å². The van der Waals surface area contributed by atoms with Crippen molar-refractivity contribution in [3.8, 4) is 5.75 Å². The Morgan fingerprint density at radius 3 is 2.74 bits per heavy atom. The second kappa shape index (κ2) is 4.60. The van der Waals surface area contributed by atoms with Crippen molar-refractivity contribution in [1.82, 2.24) is 0 Å². The van der Waals surface area contributed by atoms with Crippen LogP contribution in [-0.2, 0) is 9.59 Å². The molecule has 1 aliphatic rings. The average molecular weight is 264 g/mol. The number of fused-ring (bicyclic) bond motifs is 1. The fraction of sp³-hybridized carbons (Fsp3) is 0.250. The number of aromatic carboxylic acids is 1. The Kier molecular flexibility index (Phi) is 3.12. The Labute approximate surface area is 108 Å². The Bertz CT molecular complexity index is 569. The summed E-state index contributed by atoms with van der Waals surface area (Å²) in [4.78, 5) is 35.0. The van der Waals surface area contributed by atoms with E-state index in [0.29, 0.717) is 5.69 Å². The van der Waals surface area contributed by atoms with Gasteiger partial charge in [-0.25, -0.2) is 4.79 Å². The number of carboxylic acid groups (broad SMARTS) is 1. The van der Waals surface area contributed by atoms with Crippen LogP contribution in [0.15, 0.2) is 18.2 Å². The van der Waals surface area contributed by atoms with E-state index in [1.807, 2.05) is 0 Å². The maximum Gasteiger partial charge on any atom is 0.335 e. The van der Waals surface area contributed by atoms with Gasteiger partial charge in [0.05, 0.1) is 11.3 Å². The predicted molar refractivity (Wildman–Crippen MR) is 65.0 cm³/mol. The molecule has 1 unspecified atom stereocenters. The van der Waals surface area contributed by atoms with Crippen LogP contribution in [0.4, 0.5) is 5.69 Å². The van der Waals surface area contributed by atoms with Crippen molar-refractivity contribution in [3.63, 3.8) is 0 Å². The van der Waals surface area contributed by atoms with Crippen molar-refractivity contribution < 1.29 is 24.2 Å². The molecule has 1 aromatic rings. The summed E-state index contributed by atoms with van der Waals surface area (Å²) >= 11 is 0. The highest BCUT2D eigenvalue weighted by Gasteiger charge is 2.32. The lowest BCUT2D eigenvalue weighted by molar-refractivity contribution is -0.127. The molecule has 0 aromatic heterocycles. The number of carbonyl (C=O) groups is 3. The van der Waals surface area contributed by atoms with Crippen molar-refractivity contribution in [2.45, 2.75) is 13.0 Å². The molecular formula is C12H12N2O5. The lowest BCUT2D eigenvalue weighted by atomic mass is 10.1. The number of amides is 2. The van der Waals surface area contributed by atoms with Crippen molar-refractivity contribution >= 4 is 23.5 Å². The van der Waals surface area contributed by atoms with Gasteiger partial charge in [-0.1, -0.05) is 0 Å². The van der Waals surface area contributed by atoms with Crippen LogP contribution in [0.2, 0.25) is 0 Å². The van der Waals surface area contributed by atoms with Gasteiger partial charge in [-0.05, 0) is 25.1 Å². The molecule has 0 radical (unpaired) electrons. The maximum atomic E-state index is 11.9. The maximum absolute atomic E-state index is 11.9. The highest BCUT2D eigenvalue weighted by molar-refractivity contribution is 6.04. The number of nitrogens with two attached hydrogens (primary N) is 1. The molecule has 2 rings (SSSR count). The van der Waals surface area contributed by atoms with Gasteiger partial charge in [0, 0.05) is 0 Å². The van der Waals surface area contributed by atoms with E-state index in [1.165, 1.54) is 30.0 Å². The molecule has 0 saturated heterocycles. The summed E-state index contributed by atoms with van der Waals surface area (Å²) in [6, 6.07) is 4.07. The molecule has 0 spiro atoms. The van der Waals surface area contributed by atoms with Gasteiger partial charge in [-0.3, -0.25) is 14.5 Å². The first-order valence-corrected chi connectivity index (χ1v) is 5.54. The van der Waals surface area contributed by atoms with Crippen LogP contribution in [0, 0.1) is 0 Å². The number of carbonyl (C=O) groups excluding carboxylic acids is 2. The number of nitrogens with zero attached hydrogens (tertiary/aromatic N) is 1. The summed E-state index contributed by atoms with van der Waals surface area (Å²) in [5.74, 6) is -1.91. The molecule has 3 N–H and O–H groups in total. The van der Waals surface area contributed by atoms with E-state index in [-0.39, 0.29) is 17.9 Å². The third kappa shape index (κ3) is 2.35. The lowest BCUT2D eigenvalue weighted by Gasteiger charge is -2.32. The van der Waals surface area contributed by atoms with Crippen LogP contribution in [0.25, 0.3) is 0 Å². The van der Waals surface area contributed by atoms with Crippen molar-refractivity contribution in [2.24, 2.45) is 5.73 Å². The highest BCUT2D eigenvalue weighted by Crippen LogP contribution is 2.34. The van der Waals surface area contributed by atoms with Gasteiger partial charge in [0.1, 0.15) is 12.3 Å². The van der Waals surface area contributed by atoms with Crippen LogP contribution >= 0.6 is 0 Å². The summed E-state index contributed by atoms with van der Waals surface area (Å²) < 4.78 is 5.34. The number of hydrogen-bond acceptors (Lipinski definition) is 4. The quantitative estimate of drug-likeness (QED) is 0.797. The summed E-state index contributed by atoms with van der Waals surface area (Å²) in [5.41, 5.74) is 5.48. The number of primary amides is 1. The van der Waals surface area contributed by atoms with E-state index in [0.717, 1.165) is 0 Å². The van der Waals surface area contributed by atoms with Crippen LogP contribution in [0.1, 0.15) is 17.3 Å².